The Morgan fingerprint density at radius 3 is 1.68 bits per heavy atom. The van der Waals surface area contributed by atoms with Crippen molar-refractivity contribution in [1.29, 1.82) is 0 Å². The van der Waals surface area contributed by atoms with Crippen LogP contribution >= 0.6 is 11.8 Å². The number of allylic oxidation sites excluding steroid dienone is 2. The van der Waals surface area contributed by atoms with Gasteiger partial charge in [0, 0.05) is 45.6 Å². The van der Waals surface area contributed by atoms with Gasteiger partial charge in [-0.1, -0.05) is 110 Å². The van der Waals surface area contributed by atoms with E-state index >= 15 is 4.79 Å². The predicted octanol–water partition coefficient (Wildman–Crippen LogP) is 9.54. The summed E-state index contributed by atoms with van der Waals surface area (Å²) in [6.45, 7) is 57.7. The third-order valence-corrected chi connectivity index (χ3v) is 22.0. The maximum Gasteiger partial charge on any atom is 0 e. The molecule has 1 aliphatic carbocycles. The number of carbonyl (C=O) groups is 1. The van der Waals surface area contributed by atoms with E-state index in [4.69, 9.17) is 46.2 Å². The van der Waals surface area contributed by atoms with Gasteiger partial charge in [0.25, 0.3) is 14.3 Å². The van der Waals surface area contributed by atoms with Gasteiger partial charge in [-0.3, -0.25) is 4.79 Å². The van der Waals surface area contributed by atoms with Gasteiger partial charge in [0.15, 0.2) is 8.32 Å². The molecule has 0 bridgehead atoms. The maximum atomic E-state index is 15.2. The van der Waals surface area contributed by atoms with Crippen molar-refractivity contribution in [2.75, 3.05) is 13.9 Å². The summed E-state index contributed by atoms with van der Waals surface area (Å²) in [4.78, 5) is 16.2. The quantitative estimate of drug-likeness (QED) is 0.0476. The fraction of sp³-hybridized carbons (Fsp3) is 0.523. The molecule has 11 nitrogen and oxygen atoms in total. The summed E-state index contributed by atoms with van der Waals surface area (Å²) in [5, 5.41) is -0.123. The van der Waals surface area contributed by atoms with E-state index in [9.17, 15) is 0 Å². The standard InChI is InChI=1S/C38H58O5SSi2.6CO.2Co/c1-15-38(44-33-24-20-18-21-25-33)34(35(39)42-46(29(2)3,30(4)5)31(6)7)27-32(41-28-40-12)23-19-16-17-22-26-37(38,11)43-45(13,14)36(8,9)10;6*1-2;;/h15-18,20-21,24-25,29-32,34H,1,27-28H2,2-14H3;;;;;;;;/b17-16-;;;;;;;;/t32-,34-,37-,38+;;;;;;;;/m1......../s1. The number of thioether (sulfide) groups is 1. The van der Waals surface area contributed by atoms with Gasteiger partial charge in [0.2, 0.25) is 0 Å². The van der Waals surface area contributed by atoms with E-state index < -0.39 is 39.0 Å². The molecule has 0 N–H and O–H groups in total. The smallest absolute Gasteiger partial charge is 0 e. The number of ether oxygens (including phenoxy) is 2. The van der Waals surface area contributed by atoms with Gasteiger partial charge in [-0.15, -0.1) is 18.3 Å². The first-order valence-electron chi connectivity index (χ1n) is 17.7. The Hall–Kier alpha value is -2.59. The third-order valence-electron chi connectivity index (χ3n) is 9.77. The van der Waals surface area contributed by atoms with Crippen molar-refractivity contribution in [1.82, 2.24) is 0 Å². The SMILES string of the molecule is C=C[C@]1(Sc2ccccc2)[C@@H](C(=O)O[Si](C(C)C)(C(C)C)C(C)C)C[C@H](OCOC)C#C/C=C\C#C[C@@]1(C)O[Si](C)(C)C(C)(C)C.[C-]#[O+].[C-]#[O+].[C-]#[O+].[C-]#[O+].[C-]#[O+].[C-]#[O+].[Co].[Co]. The molecule has 0 heterocycles. The monoisotopic (exact) mass is 968 g/mol. The molecule has 16 heteroatoms. The van der Waals surface area contributed by atoms with Gasteiger partial charge in [-0.2, -0.15) is 0 Å². The van der Waals surface area contributed by atoms with Crippen LogP contribution in [0.4, 0.5) is 0 Å². The topological polar surface area (TPSA) is 173 Å². The second-order valence-electron chi connectivity index (χ2n) is 14.8. The van der Waals surface area contributed by atoms with Crippen molar-refractivity contribution >= 4 is 34.4 Å². The van der Waals surface area contributed by atoms with Crippen molar-refractivity contribution in [2.45, 2.75) is 132 Å². The van der Waals surface area contributed by atoms with Crippen LogP contribution in [-0.2, 0) is 84.6 Å². The normalized spacial score (nSPS) is 19.2. The van der Waals surface area contributed by atoms with Crippen LogP contribution in [0.15, 0.2) is 60.0 Å². The molecule has 4 atom stereocenters. The summed E-state index contributed by atoms with van der Waals surface area (Å²) in [5.74, 6) is 12.0. The van der Waals surface area contributed by atoms with E-state index in [1.54, 1.807) is 31.0 Å². The zero-order chi connectivity index (χ0) is 47.0. The molecule has 1 aliphatic rings. The number of hydrogen-bond donors (Lipinski definition) is 0. The molecule has 0 saturated carbocycles. The number of carbonyl (C=O) groups excluding carboxylic acids is 1. The van der Waals surface area contributed by atoms with Crippen molar-refractivity contribution < 1.29 is 84.6 Å². The minimum atomic E-state index is -2.65. The first kappa shape index (κ1) is 71.9. The summed E-state index contributed by atoms with van der Waals surface area (Å²) >= 11 is 1.56. The van der Waals surface area contributed by atoms with Crippen LogP contribution < -0.4 is 0 Å². The first-order valence-corrected chi connectivity index (χ1v) is 23.5. The van der Waals surface area contributed by atoms with Gasteiger partial charge in [0.1, 0.15) is 18.5 Å². The molecule has 0 spiro atoms. The molecular weight excluding hydrogens is 911 g/mol. The van der Waals surface area contributed by atoms with Gasteiger partial charge >= 0.3 is 67.8 Å². The number of rotatable bonds is 13. The molecule has 2 rings (SSSR count). The Morgan fingerprint density at radius 1 is 0.867 bits per heavy atom. The van der Waals surface area contributed by atoms with Crippen LogP contribution in [0.1, 0.15) is 75.7 Å². The van der Waals surface area contributed by atoms with E-state index in [1.807, 2.05) is 31.2 Å². The van der Waals surface area contributed by atoms with Crippen LogP contribution in [0.2, 0.25) is 34.8 Å². The number of methoxy groups -OCH3 is 1. The summed E-state index contributed by atoms with van der Waals surface area (Å²) in [6, 6.07) is 10.1. The molecule has 1 aromatic carbocycles. The summed E-state index contributed by atoms with van der Waals surface area (Å²) < 4.78 is 69.7. The van der Waals surface area contributed by atoms with Crippen LogP contribution in [0.25, 0.3) is 0 Å². The third kappa shape index (κ3) is 21.0. The van der Waals surface area contributed by atoms with Crippen molar-refractivity contribution in [2.24, 2.45) is 5.92 Å². The Kier molecular flexibility index (Phi) is 45.7. The van der Waals surface area contributed by atoms with Crippen molar-refractivity contribution in [3.63, 3.8) is 0 Å². The maximum absolute atomic E-state index is 15.2. The van der Waals surface area contributed by atoms with Crippen LogP contribution in [0.3, 0.4) is 0 Å². The number of hydrogen-bond acceptors (Lipinski definition) is 6. The Labute approximate surface area is 387 Å². The first-order chi connectivity index (χ1) is 27.3. The zero-order valence-corrected chi connectivity index (χ0v) is 41.6. The molecule has 1 aromatic rings. The van der Waals surface area contributed by atoms with Crippen LogP contribution in [-0.4, -0.2) is 53.0 Å². The molecule has 60 heavy (non-hydrogen) atoms. The Balaban J connectivity index is -0.000000367. The van der Waals surface area contributed by atoms with E-state index in [0.717, 1.165) is 4.90 Å². The minimum Gasteiger partial charge on any atom is 0 e. The van der Waals surface area contributed by atoms with Crippen LogP contribution in [0, 0.1) is 69.5 Å². The summed E-state index contributed by atoms with van der Waals surface area (Å²) in [5.41, 5.74) is -0.546. The molecule has 2 radical (unpaired) electrons. The molecule has 0 aromatic heterocycles. The van der Waals surface area contributed by atoms with Crippen molar-refractivity contribution in [3.05, 3.63) is 95.0 Å². The molecule has 0 fully saturated rings. The molecular formula is C44H58Co2O11SSi2. The second kappa shape index (κ2) is 38.1. The van der Waals surface area contributed by atoms with E-state index in [2.05, 4.69) is 158 Å². The minimum absolute atomic E-state index is 0. The van der Waals surface area contributed by atoms with Crippen LogP contribution in [0.5, 0.6) is 0 Å². The average molecular weight is 969 g/mol. The fourth-order valence-electron chi connectivity index (χ4n) is 6.41. The Bertz CT molecular complexity index is 1560. The molecule has 0 aliphatic heterocycles. The van der Waals surface area contributed by atoms with Gasteiger partial charge in [-0.05, 0) is 72.4 Å². The second-order valence-corrected chi connectivity index (χ2v) is 26.2. The van der Waals surface area contributed by atoms with Gasteiger partial charge < -0.3 is 18.3 Å². The summed E-state index contributed by atoms with van der Waals surface area (Å²) in [6.07, 6.45) is 4.95. The average Bonchev–Trinajstić information content (AvgIpc) is 3.23. The van der Waals surface area contributed by atoms with Gasteiger partial charge in [-0.25, -0.2) is 0 Å². The predicted molar refractivity (Wildman–Crippen MR) is 222 cm³/mol. The van der Waals surface area contributed by atoms with Crippen molar-refractivity contribution in [3.8, 4) is 23.7 Å². The van der Waals surface area contributed by atoms with Gasteiger partial charge in [0.05, 0.1) is 10.7 Å². The Morgan fingerprint density at radius 2 is 1.30 bits per heavy atom. The summed E-state index contributed by atoms with van der Waals surface area (Å²) in [7, 11) is -3.55. The molecule has 0 unspecified atom stereocenters. The molecule has 0 saturated heterocycles. The molecule has 0 amide bonds. The number of benzene rings is 1. The fourth-order valence-corrected chi connectivity index (χ4v) is 14.6. The van der Waals surface area contributed by atoms with E-state index in [1.165, 1.54) is 0 Å². The van der Waals surface area contributed by atoms with E-state index in [0.29, 0.717) is 0 Å². The van der Waals surface area contributed by atoms with E-state index in [-0.39, 0.29) is 74.4 Å². The molecule has 332 valence electrons. The largest absolute Gasteiger partial charge is 0 e. The zero-order valence-electron chi connectivity index (χ0n) is 36.7.